The minimum atomic E-state index is -0.800. The van der Waals surface area contributed by atoms with Crippen molar-refractivity contribution in [3.63, 3.8) is 0 Å². The second-order valence-electron chi connectivity index (χ2n) is 5.78. The Morgan fingerprint density at radius 3 is 2.79 bits per heavy atom. The molecule has 0 radical (unpaired) electrons. The lowest BCUT2D eigenvalue weighted by Crippen LogP contribution is -2.47. The first-order valence-corrected chi connectivity index (χ1v) is 7.71. The number of alkyl halides is 1. The molecule has 2 saturated carbocycles. The molecule has 4 heteroatoms. The molecule has 0 aromatic heterocycles. The Morgan fingerprint density at radius 1 is 1.37 bits per heavy atom. The Morgan fingerprint density at radius 2 is 2.11 bits per heavy atom. The second kappa shape index (κ2) is 3.58. The molecule has 5 rings (SSSR count). The predicted octanol–water partition coefficient (Wildman–Crippen LogP) is 2.59. The van der Waals surface area contributed by atoms with Crippen LogP contribution >= 0.6 is 22.6 Å². The monoisotopic (exact) mass is 365 g/mol. The molecule has 1 aromatic carbocycles. The Labute approximate surface area is 125 Å². The summed E-state index contributed by atoms with van der Waals surface area (Å²) < 4.78 is 6.36. The molecule has 1 aromatic rings. The van der Waals surface area contributed by atoms with Crippen LogP contribution < -0.4 is 0 Å². The number of benzene rings is 1. The highest BCUT2D eigenvalue weighted by molar-refractivity contribution is 14.1. The van der Waals surface area contributed by atoms with E-state index in [2.05, 4.69) is 40.8 Å². The molecule has 3 nitrogen and oxygen atoms in total. The fourth-order valence-corrected chi connectivity index (χ4v) is 5.40. The average Bonchev–Trinajstić information content (AvgIpc) is 2.87. The van der Waals surface area contributed by atoms with Crippen molar-refractivity contribution in [2.45, 2.75) is 28.5 Å². The van der Waals surface area contributed by atoms with Crippen molar-refractivity contribution >= 4 is 28.4 Å². The van der Waals surface area contributed by atoms with Crippen LogP contribution in [0.25, 0.3) is 0 Å². The lowest BCUT2D eigenvalue weighted by Gasteiger charge is -2.36. The molecule has 4 unspecified atom stereocenters. The van der Waals surface area contributed by atoms with E-state index in [4.69, 9.17) is 4.74 Å². The van der Waals surface area contributed by atoms with Crippen LogP contribution in [0.1, 0.15) is 18.4 Å². The first-order valence-electron chi connectivity index (χ1n) is 6.46. The Bertz CT molecular complexity index is 610. The molecule has 4 bridgehead atoms. The van der Waals surface area contributed by atoms with Crippen LogP contribution in [0.2, 0.25) is 0 Å². The summed E-state index contributed by atoms with van der Waals surface area (Å²) in [6.45, 7) is 0. The number of Topliss-reactive ketones (excluding diaryl/α,β-unsaturated/α-hetero) is 1. The molecule has 0 N–H and O–H groups in total. The zero-order chi connectivity index (χ0) is 13.3. The first-order chi connectivity index (χ1) is 9.13. The fraction of sp³-hybridized carbons (Fsp3) is 0.467. The van der Waals surface area contributed by atoms with Crippen molar-refractivity contribution in [1.82, 2.24) is 0 Å². The molecule has 2 heterocycles. The Hall–Kier alpha value is -0.930. The third-order valence-corrected chi connectivity index (χ3v) is 6.47. The summed E-state index contributed by atoms with van der Waals surface area (Å²) in [6, 6.07) is 12.4. The van der Waals surface area contributed by atoms with E-state index in [1.54, 1.807) is 0 Å². The molecule has 19 heavy (non-hydrogen) atoms. The molecule has 0 amide bonds. The number of rotatable bonds is 1. The van der Waals surface area contributed by atoms with Crippen molar-refractivity contribution < 1.29 is 9.53 Å². The van der Waals surface area contributed by atoms with E-state index in [0.29, 0.717) is 12.8 Å². The largest absolute Gasteiger partial charge is 0.358 e. The average molecular weight is 365 g/mol. The van der Waals surface area contributed by atoms with Crippen molar-refractivity contribution in [2.24, 2.45) is 11.3 Å². The van der Waals surface area contributed by atoms with Gasteiger partial charge in [0.15, 0.2) is 5.78 Å². The molecule has 4 aliphatic rings. The van der Waals surface area contributed by atoms with E-state index in [1.807, 2.05) is 18.2 Å². The molecular weight excluding hydrogens is 353 g/mol. The number of hydrogen-bond acceptors (Lipinski definition) is 3. The van der Waals surface area contributed by atoms with E-state index in [-0.39, 0.29) is 15.6 Å². The standard InChI is InChI=1S/C15H12INO2/c16-11-10-6-14(8-17)7-15(10,19-12(11)13(14)18)9-4-2-1-3-5-9/h1-5,10-12H,6-7H2/t10?,11-,12?,14?,15?/m0/s1. The highest BCUT2D eigenvalue weighted by Gasteiger charge is 2.74. The summed E-state index contributed by atoms with van der Waals surface area (Å²) >= 11 is 2.33. The SMILES string of the molecule is N#CC12CC3[C@H](I)C(OC3(c3ccccc3)C1)C2=O. The van der Waals surface area contributed by atoms with E-state index in [1.165, 1.54) is 0 Å². The number of hydrogen-bond donors (Lipinski definition) is 0. The van der Waals surface area contributed by atoms with Crippen LogP contribution in [0.4, 0.5) is 0 Å². The van der Waals surface area contributed by atoms with Crippen molar-refractivity contribution in [2.75, 3.05) is 0 Å². The van der Waals surface area contributed by atoms with E-state index >= 15 is 0 Å². The number of nitriles is 1. The molecule has 5 atom stereocenters. The van der Waals surface area contributed by atoms with Crippen molar-refractivity contribution in [3.05, 3.63) is 35.9 Å². The van der Waals surface area contributed by atoms with Gasteiger partial charge in [-0.2, -0.15) is 5.26 Å². The topological polar surface area (TPSA) is 50.1 Å². The second-order valence-corrected chi connectivity index (χ2v) is 7.22. The highest BCUT2D eigenvalue weighted by atomic mass is 127. The maximum atomic E-state index is 12.4. The van der Waals surface area contributed by atoms with Gasteiger partial charge in [0.25, 0.3) is 0 Å². The molecule has 2 aliphatic heterocycles. The number of ether oxygens (including phenoxy) is 1. The third-order valence-electron chi connectivity index (χ3n) is 4.95. The van der Waals surface area contributed by atoms with Crippen LogP contribution in [0.3, 0.4) is 0 Å². The third kappa shape index (κ3) is 1.23. The number of ketones is 1. The van der Waals surface area contributed by atoms with Gasteiger partial charge in [-0.3, -0.25) is 4.79 Å². The Balaban J connectivity index is 1.90. The quantitative estimate of drug-likeness (QED) is 0.568. The van der Waals surface area contributed by atoms with Crippen LogP contribution in [-0.4, -0.2) is 15.8 Å². The summed E-state index contributed by atoms with van der Waals surface area (Å²) in [5.41, 5.74) is -0.0965. The number of halogens is 1. The molecule has 4 fully saturated rings. The Kier molecular flexibility index (Phi) is 2.24. The summed E-state index contributed by atoms with van der Waals surface area (Å²) in [4.78, 5) is 12.4. The predicted molar refractivity (Wildman–Crippen MR) is 76.6 cm³/mol. The van der Waals surface area contributed by atoms with Crippen molar-refractivity contribution in [1.29, 1.82) is 5.26 Å². The molecule has 0 spiro atoms. The van der Waals surface area contributed by atoms with E-state index in [9.17, 15) is 10.1 Å². The minimum Gasteiger partial charge on any atom is -0.358 e. The van der Waals surface area contributed by atoms with Gasteiger partial charge in [-0.25, -0.2) is 0 Å². The van der Waals surface area contributed by atoms with Crippen LogP contribution in [0, 0.1) is 22.7 Å². The first kappa shape index (κ1) is 11.9. The van der Waals surface area contributed by atoms with Gasteiger partial charge in [0.2, 0.25) is 0 Å². The summed E-state index contributed by atoms with van der Waals surface area (Å²) in [7, 11) is 0. The molecule has 96 valence electrons. The summed E-state index contributed by atoms with van der Waals surface area (Å²) in [6.07, 6.45) is 0.786. The number of carbonyl (C=O) groups excluding carboxylic acids is 1. The van der Waals surface area contributed by atoms with Crippen LogP contribution in [0.5, 0.6) is 0 Å². The fourth-order valence-electron chi connectivity index (χ4n) is 4.10. The molecule has 2 saturated heterocycles. The van der Waals surface area contributed by atoms with E-state index < -0.39 is 17.1 Å². The number of nitrogens with zero attached hydrogens (tertiary/aromatic N) is 1. The van der Waals surface area contributed by atoms with Gasteiger partial charge in [-0.05, 0) is 12.0 Å². The van der Waals surface area contributed by atoms with Crippen molar-refractivity contribution in [3.8, 4) is 6.07 Å². The van der Waals surface area contributed by atoms with E-state index in [0.717, 1.165) is 5.56 Å². The zero-order valence-corrected chi connectivity index (χ0v) is 12.3. The van der Waals surface area contributed by atoms with Crippen LogP contribution in [-0.2, 0) is 15.1 Å². The van der Waals surface area contributed by atoms with Gasteiger partial charge in [0.05, 0.1) is 9.99 Å². The van der Waals surface area contributed by atoms with Gasteiger partial charge in [-0.15, -0.1) is 0 Å². The normalized spacial score (nSPS) is 46.5. The van der Waals surface area contributed by atoms with Crippen LogP contribution in [0.15, 0.2) is 30.3 Å². The van der Waals surface area contributed by atoms with Gasteiger partial charge < -0.3 is 4.74 Å². The van der Waals surface area contributed by atoms with Gasteiger partial charge >= 0.3 is 0 Å². The van der Waals surface area contributed by atoms with Gasteiger partial charge in [0, 0.05) is 12.3 Å². The highest BCUT2D eigenvalue weighted by Crippen LogP contribution is 2.67. The summed E-state index contributed by atoms with van der Waals surface area (Å²) in [5, 5.41) is 9.50. The lowest BCUT2D eigenvalue weighted by atomic mass is 9.74. The molecule has 2 aliphatic carbocycles. The minimum absolute atomic E-state index is 0.00899. The number of carbonyl (C=O) groups is 1. The maximum Gasteiger partial charge on any atom is 0.182 e. The van der Waals surface area contributed by atoms with Gasteiger partial charge in [0.1, 0.15) is 17.1 Å². The van der Waals surface area contributed by atoms with Gasteiger partial charge in [-0.1, -0.05) is 52.9 Å². The zero-order valence-electron chi connectivity index (χ0n) is 10.2. The smallest absolute Gasteiger partial charge is 0.182 e. The summed E-state index contributed by atoms with van der Waals surface area (Å²) in [5.74, 6) is 0.285. The molecular formula is C15H12INO2. The maximum absolute atomic E-state index is 12.4. The lowest BCUT2D eigenvalue weighted by molar-refractivity contribution is -0.154.